The standard InChI is InChI=1S/C28H24Cl2F2N4O2S/c1-3-11-35(12-4-2)27(38)24-22(23-18(30)8-6-10-20(23)32)16(14-33)25(34)36-26(37)21(39-28(24)36)13-15-17(29)7-5-9-19(15)31/h5-10,13,22H,3-4,11-12,34H2,1-2H3/b21-13-. The number of nitriles is 1. The lowest BCUT2D eigenvalue weighted by atomic mass is 9.82. The molecule has 0 spiro atoms. The number of nitrogens with two attached hydrogens (primary N) is 1. The first-order chi connectivity index (χ1) is 18.7. The van der Waals surface area contributed by atoms with E-state index in [1.807, 2.05) is 19.9 Å². The molecule has 3 aromatic rings. The molecular weight excluding hydrogens is 565 g/mol. The van der Waals surface area contributed by atoms with Crippen LogP contribution in [-0.4, -0.2) is 28.5 Å². The lowest BCUT2D eigenvalue weighted by molar-refractivity contribution is -0.125. The Balaban J connectivity index is 2.17. The highest BCUT2D eigenvalue weighted by Gasteiger charge is 2.39. The number of aromatic nitrogens is 1. The number of halogens is 4. The maximum Gasteiger partial charge on any atom is 0.274 e. The third kappa shape index (κ3) is 5.12. The van der Waals surface area contributed by atoms with Gasteiger partial charge in [-0.25, -0.2) is 8.78 Å². The van der Waals surface area contributed by atoms with Crippen molar-refractivity contribution in [3.05, 3.63) is 94.3 Å². The quantitative estimate of drug-likeness (QED) is 0.437. The predicted octanol–water partition coefficient (Wildman–Crippen LogP) is 4.57. The van der Waals surface area contributed by atoms with Gasteiger partial charge >= 0.3 is 0 Å². The van der Waals surface area contributed by atoms with E-state index in [0.717, 1.165) is 15.9 Å². The van der Waals surface area contributed by atoms with Crippen LogP contribution in [0.4, 0.5) is 8.78 Å². The molecule has 4 rings (SSSR count). The van der Waals surface area contributed by atoms with E-state index in [-0.39, 0.29) is 47.3 Å². The number of hydrogen-bond donors (Lipinski definition) is 1. The highest BCUT2D eigenvalue weighted by molar-refractivity contribution is 7.07. The fourth-order valence-corrected chi connectivity index (χ4v) is 6.28. The molecule has 0 saturated heterocycles. The molecule has 0 saturated carbocycles. The zero-order valence-electron chi connectivity index (χ0n) is 21.1. The predicted molar refractivity (Wildman–Crippen MR) is 151 cm³/mol. The molecular formula is C28H24Cl2F2N4O2S. The van der Waals surface area contributed by atoms with Crippen LogP contribution in [0.3, 0.4) is 0 Å². The summed E-state index contributed by atoms with van der Waals surface area (Å²) in [5.41, 5.74) is 5.39. The molecule has 2 aromatic carbocycles. The molecule has 1 atom stereocenters. The summed E-state index contributed by atoms with van der Waals surface area (Å²) in [6, 6.07) is 10.2. The summed E-state index contributed by atoms with van der Waals surface area (Å²) in [7, 11) is 0. The monoisotopic (exact) mass is 588 g/mol. The first kappa shape index (κ1) is 28.6. The van der Waals surface area contributed by atoms with E-state index in [1.54, 1.807) is 4.90 Å². The van der Waals surface area contributed by atoms with Gasteiger partial charge in [0.15, 0.2) is 0 Å². The molecule has 202 valence electrons. The summed E-state index contributed by atoms with van der Waals surface area (Å²) in [5, 5.41) is 10.3. The van der Waals surface area contributed by atoms with Crippen LogP contribution in [0.15, 0.2) is 46.8 Å². The number of benzene rings is 2. The Kier molecular flexibility index (Phi) is 8.60. The fourth-order valence-electron chi connectivity index (χ4n) is 4.63. The Bertz CT molecular complexity index is 1680. The summed E-state index contributed by atoms with van der Waals surface area (Å²) in [4.78, 5) is 29.3. The van der Waals surface area contributed by atoms with Crippen molar-refractivity contribution in [2.75, 3.05) is 13.1 Å². The van der Waals surface area contributed by atoms with Gasteiger partial charge in [0, 0.05) is 29.2 Å². The molecule has 1 aliphatic rings. The minimum atomic E-state index is -1.27. The lowest BCUT2D eigenvalue weighted by Gasteiger charge is -2.30. The average Bonchev–Trinajstić information content (AvgIpc) is 3.21. The van der Waals surface area contributed by atoms with E-state index in [4.69, 9.17) is 28.9 Å². The van der Waals surface area contributed by atoms with Crippen molar-refractivity contribution in [3.63, 3.8) is 0 Å². The Hall–Kier alpha value is -3.45. The molecule has 1 amide bonds. The molecule has 6 nitrogen and oxygen atoms in total. The van der Waals surface area contributed by atoms with Gasteiger partial charge in [0.25, 0.3) is 11.5 Å². The second kappa shape index (κ2) is 11.7. The molecule has 0 bridgehead atoms. The van der Waals surface area contributed by atoms with Crippen molar-refractivity contribution in [2.24, 2.45) is 5.73 Å². The molecule has 0 aliphatic carbocycles. The second-order valence-electron chi connectivity index (χ2n) is 8.88. The summed E-state index contributed by atoms with van der Waals surface area (Å²) in [5.74, 6) is -3.38. The third-order valence-electron chi connectivity index (χ3n) is 6.34. The van der Waals surface area contributed by atoms with Gasteiger partial charge < -0.3 is 10.6 Å². The molecule has 2 heterocycles. The van der Waals surface area contributed by atoms with Gasteiger partial charge in [0.05, 0.1) is 32.7 Å². The third-order valence-corrected chi connectivity index (χ3v) is 8.10. The molecule has 1 unspecified atom stereocenters. The molecule has 11 heteroatoms. The number of thiazole rings is 1. The van der Waals surface area contributed by atoms with Crippen molar-refractivity contribution in [2.45, 2.75) is 32.6 Å². The summed E-state index contributed by atoms with van der Waals surface area (Å²) >= 11 is 13.5. The number of nitrogens with zero attached hydrogens (tertiary/aromatic N) is 3. The largest absolute Gasteiger partial charge is 0.384 e. The van der Waals surface area contributed by atoms with E-state index in [9.17, 15) is 19.2 Å². The SMILES string of the molecule is CCCN(CCC)C(=O)C1=c2s/c(=C\c3c(F)cccc3Cl)c(=O)n2C(N)=C(C#N)C1c1c(F)cccc1Cl. The maximum absolute atomic E-state index is 15.3. The molecule has 1 aromatic heterocycles. The molecule has 1 aliphatic heterocycles. The number of fused-ring (bicyclic) bond motifs is 1. The Morgan fingerprint density at radius 1 is 1.13 bits per heavy atom. The van der Waals surface area contributed by atoms with Crippen LogP contribution < -0.4 is 20.5 Å². The number of carbonyl (C=O) groups is 1. The number of hydrogen-bond acceptors (Lipinski definition) is 5. The second-order valence-corrected chi connectivity index (χ2v) is 10.7. The topological polar surface area (TPSA) is 92.1 Å². The smallest absolute Gasteiger partial charge is 0.274 e. The van der Waals surface area contributed by atoms with Crippen LogP contribution in [-0.2, 0) is 4.79 Å². The molecule has 2 N–H and O–H groups in total. The van der Waals surface area contributed by atoms with Crippen molar-refractivity contribution in [1.29, 1.82) is 5.26 Å². The highest BCUT2D eigenvalue weighted by Crippen LogP contribution is 2.41. The molecule has 0 fully saturated rings. The highest BCUT2D eigenvalue weighted by atomic mass is 35.5. The van der Waals surface area contributed by atoms with Crippen LogP contribution in [0.2, 0.25) is 10.0 Å². The van der Waals surface area contributed by atoms with Crippen LogP contribution in [0, 0.1) is 23.0 Å². The van der Waals surface area contributed by atoms with Crippen molar-refractivity contribution in [1.82, 2.24) is 9.47 Å². The van der Waals surface area contributed by atoms with Crippen LogP contribution in [0.25, 0.3) is 17.5 Å². The van der Waals surface area contributed by atoms with E-state index in [0.29, 0.717) is 25.9 Å². The van der Waals surface area contributed by atoms with E-state index >= 15 is 4.39 Å². The minimum Gasteiger partial charge on any atom is -0.384 e. The Labute approximate surface area is 237 Å². The maximum atomic E-state index is 15.3. The molecule has 39 heavy (non-hydrogen) atoms. The van der Waals surface area contributed by atoms with E-state index < -0.39 is 29.0 Å². The number of carbonyl (C=O) groups excluding carboxylic acids is 1. The number of allylic oxidation sites excluding steroid dienone is 1. The van der Waals surface area contributed by atoms with Crippen LogP contribution >= 0.6 is 34.5 Å². The van der Waals surface area contributed by atoms with Gasteiger partial charge in [-0.1, -0.05) is 49.2 Å². The molecule has 0 radical (unpaired) electrons. The zero-order chi connectivity index (χ0) is 28.4. The van der Waals surface area contributed by atoms with Gasteiger partial charge in [0.2, 0.25) is 0 Å². The zero-order valence-corrected chi connectivity index (χ0v) is 23.4. The van der Waals surface area contributed by atoms with E-state index in [2.05, 4.69) is 0 Å². The van der Waals surface area contributed by atoms with Crippen molar-refractivity contribution < 1.29 is 13.6 Å². The minimum absolute atomic E-state index is 0.000612. The van der Waals surface area contributed by atoms with Gasteiger partial charge in [-0.15, -0.1) is 11.3 Å². The Morgan fingerprint density at radius 3 is 2.31 bits per heavy atom. The first-order valence-corrected chi connectivity index (χ1v) is 13.8. The average molecular weight is 589 g/mol. The van der Waals surface area contributed by atoms with Gasteiger partial charge in [-0.2, -0.15) is 5.26 Å². The Morgan fingerprint density at radius 2 is 1.74 bits per heavy atom. The number of rotatable bonds is 7. The van der Waals surface area contributed by atoms with Gasteiger partial charge in [-0.05, 0) is 43.2 Å². The summed E-state index contributed by atoms with van der Waals surface area (Å²) in [6.45, 7) is 4.62. The number of amides is 1. The van der Waals surface area contributed by atoms with Crippen LogP contribution in [0.5, 0.6) is 0 Å². The van der Waals surface area contributed by atoms with Gasteiger partial charge in [0.1, 0.15) is 22.1 Å². The lowest BCUT2D eigenvalue weighted by Crippen LogP contribution is -2.43. The van der Waals surface area contributed by atoms with Gasteiger partial charge in [-0.3, -0.25) is 14.2 Å². The normalized spacial score (nSPS) is 15.4. The van der Waals surface area contributed by atoms with Crippen molar-refractivity contribution in [3.8, 4) is 6.07 Å². The van der Waals surface area contributed by atoms with Crippen molar-refractivity contribution >= 4 is 57.9 Å². The first-order valence-electron chi connectivity index (χ1n) is 12.2. The summed E-state index contributed by atoms with van der Waals surface area (Å²) < 4.78 is 31.1. The fraction of sp³-hybridized carbons (Fsp3) is 0.250. The van der Waals surface area contributed by atoms with Crippen LogP contribution in [0.1, 0.15) is 43.7 Å². The van der Waals surface area contributed by atoms with E-state index in [1.165, 1.54) is 42.5 Å². The summed E-state index contributed by atoms with van der Waals surface area (Å²) in [6.07, 6.45) is 2.57.